The van der Waals surface area contributed by atoms with E-state index in [0.717, 1.165) is 55.2 Å². The number of para-hydroxylation sites is 1. The summed E-state index contributed by atoms with van der Waals surface area (Å²) >= 11 is 0. The molecule has 0 spiro atoms. The molecule has 1 aliphatic heterocycles. The Balaban J connectivity index is 1.52. The first kappa shape index (κ1) is 25.8. The molecular weight excluding hydrogens is 456 g/mol. The SMILES string of the molecule is CCC(=O)CCCCC[C@H](NC(=O)C1CCN(C)C1)c1ncc(-c2cc3ccccc3nc2OC)o1. The number of ether oxygens (including phenoxy) is 1. The number of unbranched alkanes of at least 4 members (excludes halogenated alkanes) is 2. The molecule has 2 atom stereocenters. The van der Waals surface area contributed by atoms with Crippen molar-refractivity contribution in [3.05, 3.63) is 42.4 Å². The molecule has 4 rings (SSSR count). The van der Waals surface area contributed by atoms with E-state index in [1.165, 1.54) is 0 Å². The lowest BCUT2D eigenvalue weighted by Crippen LogP contribution is -2.35. The summed E-state index contributed by atoms with van der Waals surface area (Å²) in [5.41, 5.74) is 1.56. The number of ketones is 1. The number of methoxy groups -OCH3 is 1. The van der Waals surface area contributed by atoms with Gasteiger partial charge in [0.2, 0.25) is 17.7 Å². The van der Waals surface area contributed by atoms with Gasteiger partial charge in [-0.3, -0.25) is 9.59 Å². The lowest BCUT2D eigenvalue weighted by Gasteiger charge is -2.18. The Morgan fingerprint density at radius 2 is 2.08 bits per heavy atom. The molecule has 1 amide bonds. The van der Waals surface area contributed by atoms with Crippen LogP contribution in [0.1, 0.15) is 63.8 Å². The van der Waals surface area contributed by atoms with Gasteiger partial charge in [-0.15, -0.1) is 0 Å². The van der Waals surface area contributed by atoms with E-state index < -0.39 is 0 Å². The molecule has 0 aliphatic carbocycles. The highest BCUT2D eigenvalue weighted by Crippen LogP contribution is 2.34. The van der Waals surface area contributed by atoms with E-state index in [2.05, 4.69) is 20.2 Å². The number of nitrogens with zero attached hydrogens (tertiary/aromatic N) is 3. The highest BCUT2D eigenvalue weighted by atomic mass is 16.5. The molecule has 1 N–H and O–H groups in total. The van der Waals surface area contributed by atoms with Crippen LogP contribution in [-0.4, -0.2) is 53.8 Å². The predicted octanol–water partition coefficient (Wildman–Crippen LogP) is 4.94. The smallest absolute Gasteiger partial charge is 0.225 e. The van der Waals surface area contributed by atoms with Crippen LogP contribution in [0.4, 0.5) is 0 Å². The summed E-state index contributed by atoms with van der Waals surface area (Å²) in [5.74, 6) is 1.79. The average molecular weight is 493 g/mol. The van der Waals surface area contributed by atoms with E-state index >= 15 is 0 Å². The van der Waals surface area contributed by atoms with Crippen LogP contribution in [0.2, 0.25) is 0 Å². The number of aromatic nitrogens is 2. The summed E-state index contributed by atoms with van der Waals surface area (Å²) in [7, 11) is 3.62. The highest BCUT2D eigenvalue weighted by Gasteiger charge is 2.29. The molecule has 3 aromatic rings. The van der Waals surface area contributed by atoms with Crippen LogP contribution in [0.5, 0.6) is 5.88 Å². The lowest BCUT2D eigenvalue weighted by atomic mass is 10.0. The largest absolute Gasteiger partial charge is 0.480 e. The fourth-order valence-corrected chi connectivity index (χ4v) is 4.72. The Hall–Kier alpha value is -3.26. The second-order valence-electron chi connectivity index (χ2n) is 9.60. The lowest BCUT2D eigenvalue weighted by molar-refractivity contribution is -0.125. The maximum atomic E-state index is 13.0. The van der Waals surface area contributed by atoms with Crippen LogP contribution in [0, 0.1) is 5.92 Å². The van der Waals surface area contributed by atoms with Gasteiger partial charge in [0.25, 0.3) is 0 Å². The number of hydrogen-bond acceptors (Lipinski definition) is 7. The van der Waals surface area contributed by atoms with Gasteiger partial charge in [-0.25, -0.2) is 9.97 Å². The molecule has 8 heteroatoms. The quantitative estimate of drug-likeness (QED) is 0.358. The molecule has 8 nitrogen and oxygen atoms in total. The van der Waals surface area contributed by atoms with Crippen molar-refractivity contribution in [2.24, 2.45) is 5.92 Å². The van der Waals surface area contributed by atoms with Crippen molar-refractivity contribution < 1.29 is 18.7 Å². The highest BCUT2D eigenvalue weighted by molar-refractivity contribution is 5.85. The third-order valence-electron chi connectivity index (χ3n) is 6.89. The van der Waals surface area contributed by atoms with Crippen molar-refractivity contribution in [2.75, 3.05) is 27.2 Å². The van der Waals surface area contributed by atoms with Gasteiger partial charge in [-0.2, -0.15) is 0 Å². The Bertz CT molecular complexity index is 1190. The number of rotatable bonds is 12. The van der Waals surface area contributed by atoms with Crippen molar-refractivity contribution in [1.29, 1.82) is 0 Å². The maximum Gasteiger partial charge on any atom is 0.225 e. The van der Waals surface area contributed by atoms with Crippen LogP contribution in [0.15, 0.2) is 40.9 Å². The average Bonchev–Trinajstić information content (AvgIpc) is 3.56. The number of amides is 1. The Morgan fingerprint density at radius 1 is 1.25 bits per heavy atom. The number of carbonyl (C=O) groups is 2. The molecule has 1 aliphatic rings. The van der Waals surface area contributed by atoms with Gasteiger partial charge in [0.1, 0.15) is 11.8 Å². The molecule has 2 aromatic heterocycles. The Morgan fingerprint density at radius 3 is 2.83 bits per heavy atom. The van der Waals surface area contributed by atoms with Gasteiger partial charge in [0.15, 0.2) is 5.76 Å². The van der Waals surface area contributed by atoms with Gasteiger partial charge in [0.05, 0.1) is 30.3 Å². The first-order valence-corrected chi connectivity index (χ1v) is 12.9. The number of nitrogens with one attached hydrogen (secondary N) is 1. The molecular formula is C28H36N4O4. The number of carbonyl (C=O) groups excluding carboxylic acids is 2. The van der Waals surface area contributed by atoms with E-state index in [9.17, 15) is 9.59 Å². The number of benzene rings is 1. The van der Waals surface area contributed by atoms with Crippen LogP contribution in [0.3, 0.4) is 0 Å². The number of pyridine rings is 1. The first-order valence-electron chi connectivity index (χ1n) is 12.9. The topological polar surface area (TPSA) is 97.6 Å². The molecule has 1 saturated heterocycles. The molecule has 36 heavy (non-hydrogen) atoms. The van der Waals surface area contributed by atoms with Crippen molar-refractivity contribution >= 4 is 22.6 Å². The summed E-state index contributed by atoms with van der Waals surface area (Å²) in [6.07, 6.45) is 7.06. The summed E-state index contributed by atoms with van der Waals surface area (Å²) in [6.45, 7) is 3.58. The van der Waals surface area contributed by atoms with Gasteiger partial charge < -0.3 is 19.4 Å². The summed E-state index contributed by atoms with van der Waals surface area (Å²) in [4.78, 5) is 36.0. The zero-order valence-electron chi connectivity index (χ0n) is 21.5. The van der Waals surface area contributed by atoms with Gasteiger partial charge in [0, 0.05) is 24.8 Å². The third kappa shape index (κ3) is 6.29. The zero-order chi connectivity index (χ0) is 25.5. The van der Waals surface area contributed by atoms with E-state index in [-0.39, 0.29) is 17.9 Å². The summed E-state index contributed by atoms with van der Waals surface area (Å²) in [6, 6.07) is 9.48. The van der Waals surface area contributed by atoms with Gasteiger partial charge >= 0.3 is 0 Å². The van der Waals surface area contributed by atoms with Crippen LogP contribution < -0.4 is 10.1 Å². The minimum absolute atomic E-state index is 0.0288. The second kappa shape index (κ2) is 12.1. The molecule has 192 valence electrons. The van der Waals surface area contributed by atoms with Crippen molar-refractivity contribution in [3.63, 3.8) is 0 Å². The van der Waals surface area contributed by atoms with Crippen LogP contribution in [0.25, 0.3) is 22.2 Å². The first-order chi connectivity index (χ1) is 17.5. The standard InChI is InChI=1S/C28H36N4O4/c1-4-21(33)11-6-5-7-13-24(30-26(34)20-14-15-32(2)18-20)28-29-17-25(36-28)22-16-19-10-8-9-12-23(19)31-27(22)35-3/h8-10,12,16-17,20,24H,4-7,11,13-15,18H2,1-3H3,(H,30,34)/t20?,24-/m0/s1. The minimum Gasteiger partial charge on any atom is -0.480 e. The maximum absolute atomic E-state index is 13.0. The van der Waals surface area contributed by atoms with Crippen molar-refractivity contribution in [2.45, 2.75) is 57.9 Å². The number of oxazole rings is 1. The number of likely N-dealkylation sites (tertiary alicyclic amines) is 1. The molecule has 1 unspecified atom stereocenters. The third-order valence-corrected chi connectivity index (χ3v) is 6.89. The van der Waals surface area contributed by atoms with Gasteiger partial charge in [-0.05, 0) is 45.0 Å². The monoisotopic (exact) mass is 492 g/mol. The fourth-order valence-electron chi connectivity index (χ4n) is 4.72. The molecule has 0 bridgehead atoms. The molecule has 0 radical (unpaired) electrons. The number of hydrogen-bond donors (Lipinski definition) is 1. The molecule has 1 fully saturated rings. The summed E-state index contributed by atoms with van der Waals surface area (Å²) in [5, 5.41) is 4.17. The Labute approximate surface area is 212 Å². The van der Waals surface area contributed by atoms with E-state index in [0.29, 0.717) is 42.6 Å². The van der Waals surface area contributed by atoms with Crippen LogP contribution >= 0.6 is 0 Å². The predicted molar refractivity (Wildman–Crippen MR) is 139 cm³/mol. The van der Waals surface area contributed by atoms with Gasteiger partial charge in [-0.1, -0.05) is 38.0 Å². The van der Waals surface area contributed by atoms with Crippen LogP contribution in [-0.2, 0) is 9.59 Å². The van der Waals surface area contributed by atoms with E-state index in [4.69, 9.17) is 9.15 Å². The number of Topliss-reactive ketones (excluding diaryl/α,β-unsaturated/α-hetero) is 1. The normalized spacial score (nSPS) is 16.8. The summed E-state index contributed by atoms with van der Waals surface area (Å²) < 4.78 is 11.7. The molecule has 0 saturated carbocycles. The molecule has 3 heterocycles. The minimum atomic E-state index is -0.335. The van der Waals surface area contributed by atoms with Crippen molar-refractivity contribution in [1.82, 2.24) is 20.2 Å². The second-order valence-corrected chi connectivity index (χ2v) is 9.60. The van der Waals surface area contributed by atoms with E-state index in [1.54, 1.807) is 13.3 Å². The Kier molecular flexibility index (Phi) is 8.70. The zero-order valence-corrected chi connectivity index (χ0v) is 21.5. The van der Waals surface area contributed by atoms with E-state index in [1.807, 2.05) is 44.3 Å². The number of fused-ring (bicyclic) bond motifs is 1. The van der Waals surface area contributed by atoms with Crippen molar-refractivity contribution in [3.8, 4) is 17.2 Å². The fraction of sp³-hybridized carbons (Fsp3) is 0.500. The molecule has 1 aromatic carbocycles.